The Balaban J connectivity index is 1.95. The van der Waals surface area contributed by atoms with Gasteiger partial charge in [0.2, 0.25) is 0 Å². The molecular weight excluding hydrogens is 427 g/mol. The third kappa shape index (κ3) is 4.24. The van der Waals surface area contributed by atoms with E-state index in [0.717, 1.165) is 16.3 Å². The highest BCUT2D eigenvalue weighted by Crippen LogP contribution is 2.48. The lowest BCUT2D eigenvalue weighted by atomic mass is 9.93. The molecule has 0 radical (unpaired) electrons. The standard InChI is InChI=1S/C28H29N2PS/c1-21-13-11-19-25(27(21)28-22(2)14-12-20-26(28)30(3)4)29-31(32,23-15-7-5-8-16-23)24-17-9-6-10-18-24/h5-20H,1-4H3,(H,29,32). The molecule has 0 saturated carbocycles. The molecule has 0 aliphatic carbocycles. The van der Waals surface area contributed by atoms with Gasteiger partial charge >= 0.3 is 0 Å². The summed E-state index contributed by atoms with van der Waals surface area (Å²) in [6.45, 7) is 4.37. The van der Waals surface area contributed by atoms with Gasteiger partial charge in [0.1, 0.15) is 0 Å². The van der Waals surface area contributed by atoms with Crippen molar-refractivity contribution in [3.8, 4) is 11.1 Å². The average molecular weight is 457 g/mol. The zero-order valence-electron chi connectivity index (χ0n) is 19.0. The van der Waals surface area contributed by atoms with Crippen LogP contribution in [-0.2, 0) is 11.8 Å². The first-order chi connectivity index (χ1) is 15.4. The van der Waals surface area contributed by atoms with Crippen LogP contribution in [0, 0.1) is 13.8 Å². The molecule has 1 N–H and O–H groups in total. The number of rotatable bonds is 6. The van der Waals surface area contributed by atoms with Crippen molar-refractivity contribution in [2.24, 2.45) is 0 Å². The third-order valence-electron chi connectivity index (χ3n) is 5.77. The van der Waals surface area contributed by atoms with E-state index in [2.05, 4.69) is 123 Å². The first-order valence-corrected chi connectivity index (χ1v) is 13.6. The maximum absolute atomic E-state index is 6.48. The van der Waals surface area contributed by atoms with Crippen LogP contribution in [0.25, 0.3) is 11.1 Å². The Hall–Kier alpha value is -2.87. The van der Waals surface area contributed by atoms with Gasteiger partial charge in [0, 0.05) is 47.2 Å². The van der Waals surface area contributed by atoms with Crippen LogP contribution in [0.4, 0.5) is 11.4 Å². The van der Waals surface area contributed by atoms with E-state index in [9.17, 15) is 0 Å². The van der Waals surface area contributed by atoms with E-state index in [-0.39, 0.29) is 0 Å². The lowest BCUT2D eigenvalue weighted by Gasteiger charge is -2.29. The van der Waals surface area contributed by atoms with Gasteiger partial charge in [-0.25, -0.2) is 0 Å². The number of benzene rings is 4. The summed E-state index contributed by atoms with van der Waals surface area (Å²) in [6, 6.07) is 33.9. The maximum atomic E-state index is 6.48. The van der Waals surface area contributed by atoms with Gasteiger partial charge in [-0.3, -0.25) is 0 Å². The second-order valence-electron chi connectivity index (χ2n) is 8.25. The molecule has 4 rings (SSSR count). The van der Waals surface area contributed by atoms with Crippen molar-refractivity contribution in [1.29, 1.82) is 0 Å². The molecule has 4 heteroatoms. The van der Waals surface area contributed by atoms with Gasteiger partial charge in [-0.2, -0.15) is 0 Å². The Morgan fingerprint density at radius 1 is 0.625 bits per heavy atom. The monoisotopic (exact) mass is 456 g/mol. The van der Waals surface area contributed by atoms with Crippen molar-refractivity contribution in [1.82, 2.24) is 0 Å². The van der Waals surface area contributed by atoms with Crippen LogP contribution in [0.3, 0.4) is 0 Å². The van der Waals surface area contributed by atoms with E-state index in [0.29, 0.717) is 0 Å². The predicted octanol–water partition coefficient (Wildman–Crippen LogP) is 6.49. The molecular formula is C28H29N2PS. The minimum atomic E-state index is -2.30. The minimum absolute atomic E-state index is 1.08. The Bertz CT molecular complexity index is 1220. The highest BCUT2D eigenvalue weighted by atomic mass is 32.4. The summed E-state index contributed by atoms with van der Waals surface area (Å²) in [6.07, 6.45) is -2.30. The molecule has 0 aromatic heterocycles. The van der Waals surface area contributed by atoms with E-state index in [4.69, 9.17) is 11.8 Å². The second kappa shape index (κ2) is 9.32. The molecule has 2 nitrogen and oxygen atoms in total. The quantitative estimate of drug-likeness (QED) is 0.334. The fourth-order valence-corrected chi connectivity index (χ4v) is 7.46. The molecule has 0 atom stereocenters. The normalized spacial score (nSPS) is 11.2. The summed E-state index contributed by atoms with van der Waals surface area (Å²) in [4.78, 5) is 2.18. The smallest absolute Gasteiger partial charge is 0.0903 e. The van der Waals surface area contributed by atoms with Gasteiger partial charge < -0.3 is 9.99 Å². The lowest BCUT2D eigenvalue weighted by Crippen LogP contribution is -2.21. The van der Waals surface area contributed by atoms with Crippen molar-refractivity contribution >= 4 is 40.0 Å². The van der Waals surface area contributed by atoms with Crippen LogP contribution in [0.2, 0.25) is 0 Å². The zero-order valence-corrected chi connectivity index (χ0v) is 20.8. The Morgan fingerprint density at radius 3 is 1.66 bits per heavy atom. The predicted molar refractivity (Wildman–Crippen MR) is 146 cm³/mol. The molecule has 0 aliphatic heterocycles. The van der Waals surface area contributed by atoms with Crippen molar-refractivity contribution < 1.29 is 0 Å². The van der Waals surface area contributed by atoms with E-state index < -0.39 is 6.19 Å². The largest absolute Gasteiger partial charge is 0.377 e. The van der Waals surface area contributed by atoms with Crippen LogP contribution in [-0.4, -0.2) is 14.1 Å². The summed E-state index contributed by atoms with van der Waals surface area (Å²) in [7, 11) is 4.20. The zero-order chi connectivity index (χ0) is 22.7. The number of hydrogen-bond donors (Lipinski definition) is 1. The van der Waals surface area contributed by atoms with E-state index in [1.165, 1.54) is 27.9 Å². The Kier molecular flexibility index (Phi) is 6.50. The highest BCUT2D eigenvalue weighted by Gasteiger charge is 2.25. The van der Waals surface area contributed by atoms with Crippen LogP contribution >= 0.6 is 6.19 Å². The summed E-state index contributed by atoms with van der Waals surface area (Å²) in [5.74, 6) is 0. The molecule has 32 heavy (non-hydrogen) atoms. The van der Waals surface area contributed by atoms with E-state index >= 15 is 0 Å². The van der Waals surface area contributed by atoms with Crippen LogP contribution in [0.15, 0.2) is 97.1 Å². The van der Waals surface area contributed by atoms with Crippen molar-refractivity contribution in [2.45, 2.75) is 13.8 Å². The molecule has 0 fully saturated rings. The molecule has 162 valence electrons. The Morgan fingerprint density at radius 2 is 1.12 bits per heavy atom. The highest BCUT2D eigenvalue weighted by molar-refractivity contribution is 8.22. The third-order valence-corrected chi connectivity index (χ3v) is 9.92. The molecule has 4 aromatic carbocycles. The van der Waals surface area contributed by atoms with Crippen LogP contribution < -0.4 is 20.6 Å². The molecule has 4 aromatic rings. The van der Waals surface area contributed by atoms with Gasteiger partial charge in [-0.15, -0.1) is 0 Å². The lowest BCUT2D eigenvalue weighted by molar-refractivity contribution is 1.13. The summed E-state index contributed by atoms with van der Waals surface area (Å²) in [5.41, 5.74) is 7.24. The SMILES string of the molecule is Cc1cccc(NP(=S)(c2ccccc2)c2ccccc2)c1-c1c(C)cccc1N(C)C. The Labute approximate surface area is 197 Å². The van der Waals surface area contributed by atoms with E-state index in [1.807, 2.05) is 12.1 Å². The average Bonchev–Trinajstić information content (AvgIpc) is 2.81. The van der Waals surface area contributed by atoms with Gasteiger partial charge in [-0.1, -0.05) is 96.7 Å². The fraction of sp³-hybridized carbons (Fsp3) is 0.143. The summed E-state index contributed by atoms with van der Waals surface area (Å²) < 4.78 is 0. The van der Waals surface area contributed by atoms with Crippen molar-refractivity contribution in [3.63, 3.8) is 0 Å². The van der Waals surface area contributed by atoms with Gasteiger partial charge in [0.25, 0.3) is 0 Å². The summed E-state index contributed by atoms with van der Waals surface area (Å²) >= 11 is 6.48. The number of hydrogen-bond acceptors (Lipinski definition) is 2. The number of nitrogens with one attached hydrogen (secondary N) is 1. The second-order valence-corrected chi connectivity index (χ2v) is 12.4. The number of nitrogens with zero attached hydrogens (tertiary/aromatic N) is 1. The molecule has 0 heterocycles. The number of anilines is 2. The molecule has 0 aliphatic rings. The first-order valence-electron chi connectivity index (χ1n) is 10.8. The topological polar surface area (TPSA) is 15.3 Å². The maximum Gasteiger partial charge on any atom is 0.0903 e. The van der Waals surface area contributed by atoms with Crippen LogP contribution in [0.5, 0.6) is 0 Å². The van der Waals surface area contributed by atoms with Crippen molar-refractivity contribution in [2.75, 3.05) is 24.1 Å². The fourth-order valence-electron chi connectivity index (χ4n) is 4.17. The first kappa shape index (κ1) is 22.3. The van der Waals surface area contributed by atoms with E-state index in [1.54, 1.807) is 0 Å². The minimum Gasteiger partial charge on any atom is -0.377 e. The summed E-state index contributed by atoms with van der Waals surface area (Å²) in [5, 5.41) is 6.21. The van der Waals surface area contributed by atoms with Gasteiger partial charge in [0.15, 0.2) is 0 Å². The molecule has 0 saturated heterocycles. The molecule has 0 amide bonds. The molecule has 0 spiro atoms. The molecule has 0 unspecified atom stereocenters. The van der Waals surface area contributed by atoms with Gasteiger partial charge in [0.05, 0.1) is 6.19 Å². The van der Waals surface area contributed by atoms with Crippen molar-refractivity contribution in [3.05, 3.63) is 108 Å². The molecule has 0 bridgehead atoms. The van der Waals surface area contributed by atoms with Gasteiger partial charge in [-0.05, 0) is 37.1 Å². The van der Waals surface area contributed by atoms with Crippen LogP contribution in [0.1, 0.15) is 11.1 Å². The number of aryl methyl sites for hydroxylation is 2.